The smallest absolute Gasteiger partial charge is 0.274 e. The molecule has 0 radical (unpaired) electrons. The lowest BCUT2D eigenvalue weighted by atomic mass is 10.1. The second kappa shape index (κ2) is 6.57. The summed E-state index contributed by atoms with van der Waals surface area (Å²) < 4.78 is 4.92. The summed E-state index contributed by atoms with van der Waals surface area (Å²) in [5.74, 6) is -0.185. The van der Waals surface area contributed by atoms with Crippen molar-refractivity contribution in [2.75, 3.05) is 12.5 Å². The molecule has 2 aromatic rings. The number of phenols is 1. The molecule has 7 heteroatoms. The minimum absolute atomic E-state index is 0.0199. The number of aromatic hydroxyl groups is 1. The summed E-state index contributed by atoms with van der Waals surface area (Å²) in [6.45, 7) is 1.92. The van der Waals surface area contributed by atoms with Gasteiger partial charge in [-0.3, -0.25) is 15.5 Å². The Bertz CT molecular complexity index is 729. The number of para-hydroxylation sites is 1. The molecule has 22 heavy (non-hydrogen) atoms. The standard InChI is InChI=1S/C15H15N3O4/c1-10-5-3-4-6-13(10)17-16-9-11-7-12(18(20)21)8-14(22-2)15(11)19/h3-9,17,19H,1-2H3/b16-9-. The van der Waals surface area contributed by atoms with Gasteiger partial charge in [-0.1, -0.05) is 18.2 Å². The van der Waals surface area contributed by atoms with Gasteiger partial charge in [0.05, 0.1) is 30.0 Å². The van der Waals surface area contributed by atoms with Gasteiger partial charge < -0.3 is 9.84 Å². The quantitative estimate of drug-likeness (QED) is 0.502. The van der Waals surface area contributed by atoms with Crippen molar-refractivity contribution in [1.82, 2.24) is 0 Å². The number of nitro groups is 1. The van der Waals surface area contributed by atoms with Crippen LogP contribution in [0.15, 0.2) is 41.5 Å². The number of anilines is 1. The molecule has 0 fully saturated rings. The Morgan fingerprint density at radius 1 is 1.36 bits per heavy atom. The molecule has 2 N–H and O–H groups in total. The summed E-state index contributed by atoms with van der Waals surface area (Å²) in [5, 5.41) is 24.9. The van der Waals surface area contributed by atoms with Crippen LogP contribution in [-0.4, -0.2) is 23.4 Å². The van der Waals surface area contributed by atoms with Crippen molar-refractivity contribution in [3.8, 4) is 11.5 Å². The number of benzene rings is 2. The van der Waals surface area contributed by atoms with Crippen molar-refractivity contribution in [2.45, 2.75) is 6.92 Å². The number of nitro benzene ring substituents is 1. The maximum absolute atomic E-state index is 10.9. The van der Waals surface area contributed by atoms with Crippen LogP contribution in [0.5, 0.6) is 11.5 Å². The molecular formula is C15H15N3O4. The third-order valence-corrected chi connectivity index (χ3v) is 3.05. The predicted molar refractivity (Wildman–Crippen MR) is 83.7 cm³/mol. The van der Waals surface area contributed by atoms with E-state index in [4.69, 9.17) is 4.74 Å². The number of aryl methyl sites for hydroxylation is 1. The van der Waals surface area contributed by atoms with Crippen LogP contribution >= 0.6 is 0 Å². The van der Waals surface area contributed by atoms with Gasteiger partial charge in [0.2, 0.25) is 0 Å². The van der Waals surface area contributed by atoms with Gasteiger partial charge in [-0.05, 0) is 18.6 Å². The first-order chi connectivity index (χ1) is 10.5. The van der Waals surface area contributed by atoms with E-state index >= 15 is 0 Å². The molecule has 114 valence electrons. The Kier molecular flexibility index (Phi) is 4.57. The zero-order valence-electron chi connectivity index (χ0n) is 12.1. The molecule has 0 aliphatic heterocycles. The second-order valence-electron chi connectivity index (χ2n) is 4.53. The highest BCUT2D eigenvalue weighted by Crippen LogP contribution is 2.33. The molecule has 7 nitrogen and oxygen atoms in total. The zero-order valence-corrected chi connectivity index (χ0v) is 12.1. The normalized spacial score (nSPS) is 10.6. The van der Waals surface area contributed by atoms with Crippen molar-refractivity contribution in [3.05, 3.63) is 57.6 Å². The number of hydrogen-bond acceptors (Lipinski definition) is 6. The predicted octanol–water partition coefficient (Wildman–Crippen LogP) is 3.06. The number of hydrazone groups is 1. The van der Waals surface area contributed by atoms with Crippen LogP contribution in [0.25, 0.3) is 0 Å². The summed E-state index contributed by atoms with van der Waals surface area (Å²) in [5.41, 5.74) is 4.62. The maximum Gasteiger partial charge on any atom is 0.274 e. The topological polar surface area (TPSA) is 97.0 Å². The van der Waals surface area contributed by atoms with Gasteiger partial charge in [-0.25, -0.2) is 0 Å². The monoisotopic (exact) mass is 301 g/mol. The van der Waals surface area contributed by atoms with E-state index in [9.17, 15) is 15.2 Å². The van der Waals surface area contributed by atoms with Crippen molar-refractivity contribution < 1.29 is 14.8 Å². The lowest BCUT2D eigenvalue weighted by Crippen LogP contribution is -1.96. The molecule has 0 unspecified atom stereocenters. The third kappa shape index (κ3) is 3.32. The summed E-state index contributed by atoms with van der Waals surface area (Å²) in [4.78, 5) is 10.3. The molecule has 0 spiro atoms. The van der Waals surface area contributed by atoms with E-state index < -0.39 is 4.92 Å². The zero-order chi connectivity index (χ0) is 16.1. The van der Waals surface area contributed by atoms with Crippen molar-refractivity contribution in [1.29, 1.82) is 0 Å². The highest BCUT2D eigenvalue weighted by molar-refractivity contribution is 5.86. The third-order valence-electron chi connectivity index (χ3n) is 3.05. The molecule has 2 rings (SSSR count). The minimum Gasteiger partial charge on any atom is -0.504 e. The number of ether oxygens (including phenoxy) is 1. The summed E-state index contributed by atoms with van der Waals surface area (Å²) in [7, 11) is 1.32. The van der Waals surface area contributed by atoms with E-state index in [0.29, 0.717) is 0 Å². The van der Waals surface area contributed by atoms with Gasteiger partial charge >= 0.3 is 0 Å². The molecule has 0 saturated carbocycles. The van der Waals surface area contributed by atoms with Gasteiger partial charge in [0.25, 0.3) is 5.69 Å². The van der Waals surface area contributed by atoms with E-state index in [0.717, 1.165) is 17.3 Å². The molecule has 0 aliphatic carbocycles. The van der Waals surface area contributed by atoms with Gasteiger partial charge in [-0.15, -0.1) is 0 Å². The Morgan fingerprint density at radius 3 is 2.73 bits per heavy atom. The number of non-ortho nitro benzene ring substituents is 1. The van der Waals surface area contributed by atoms with Crippen LogP contribution in [0.1, 0.15) is 11.1 Å². The number of hydrogen-bond donors (Lipinski definition) is 2. The van der Waals surface area contributed by atoms with Crippen LogP contribution in [0.2, 0.25) is 0 Å². The van der Waals surface area contributed by atoms with E-state index in [-0.39, 0.29) is 22.7 Å². The molecule has 0 aromatic heterocycles. The summed E-state index contributed by atoms with van der Waals surface area (Å²) in [6.07, 6.45) is 1.30. The highest BCUT2D eigenvalue weighted by atomic mass is 16.6. The fraction of sp³-hybridized carbons (Fsp3) is 0.133. The first-order valence-corrected chi connectivity index (χ1v) is 6.43. The first-order valence-electron chi connectivity index (χ1n) is 6.43. The SMILES string of the molecule is COc1cc([N+](=O)[O-])cc(/C=N\Nc2ccccc2C)c1O. The van der Waals surface area contributed by atoms with Crippen LogP contribution in [-0.2, 0) is 0 Å². The average molecular weight is 301 g/mol. The molecule has 2 aromatic carbocycles. The van der Waals surface area contributed by atoms with Gasteiger partial charge in [0.1, 0.15) is 0 Å². The molecule has 0 heterocycles. The number of nitrogens with one attached hydrogen (secondary N) is 1. The second-order valence-corrected chi connectivity index (χ2v) is 4.53. The van der Waals surface area contributed by atoms with Crippen LogP contribution in [0.3, 0.4) is 0 Å². The van der Waals surface area contributed by atoms with Crippen molar-refractivity contribution in [2.24, 2.45) is 5.10 Å². The Hall–Kier alpha value is -3.09. The molecular weight excluding hydrogens is 286 g/mol. The Balaban J connectivity index is 2.28. The largest absolute Gasteiger partial charge is 0.504 e. The van der Waals surface area contributed by atoms with E-state index in [1.54, 1.807) is 0 Å². The lowest BCUT2D eigenvalue weighted by Gasteiger charge is -2.06. The molecule has 0 aliphatic rings. The van der Waals surface area contributed by atoms with Crippen LogP contribution in [0.4, 0.5) is 11.4 Å². The van der Waals surface area contributed by atoms with Crippen LogP contribution in [0, 0.1) is 17.0 Å². The molecule has 0 bridgehead atoms. The Morgan fingerprint density at radius 2 is 2.09 bits per heavy atom. The molecule has 0 atom stereocenters. The maximum atomic E-state index is 10.9. The lowest BCUT2D eigenvalue weighted by molar-refractivity contribution is -0.385. The van der Waals surface area contributed by atoms with E-state index in [1.165, 1.54) is 19.4 Å². The fourth-order valence-electron chi connectivity index (χ4n) is 1.84. The van der Waals surface area contributed by atoms with Gasteiger partial charge in [0.15, 0.2) is 11.5 Å². The van der Waals surface area contributed by atoms with Crippen molar-refractivity contribution >= 4 is 17.6 Å². The Labute approximate surface area is 127 Å². The fourth-order valence-corrected chi connectivity index (χ4v) is 1.84. The average Bonchev–Trinajstić information content (AvgIpc) is 2.50. The first kappa shape index (κ1) is 15.3. The summed E-state index contributed by atoms with van der Waals surface area (Å²) in [6, 6.07) is 9.91. The van der Waals surface area contributed by atoms with Crippen LogP contribution < -0.4 is 10.2 Å². The molecule has 0 amide bonds. The number of rotatable bonds is 5. The van der Waals surface area contributed by atoms with Gasteiger partial charge in [-0.2, -0.15) is 5.10 Å². The summed E-state index contributed by atoms with van der Waals surface area (Å²) >= 11 is 0. The number of phenolic OH excluding ortho intramolecular Hbond substituents is 1. The van der Waals surface area contributed by atoms with Gasteiger partial charge in [0, 0.05) is 11.6 Å². The van der Waals surface area contributed by atoms with E-state index in [1.807, 2.05) is 31.2 Å². The number of nitrogens with zero attached hydrogens (tertiary/aromatic N) is 2. The molecule has 0 saturated heterocycles. The minimum atomic E-state index is -0.561. The number of methoxy groups -OCH3 is 1. The highest BCUT2D eigenvalue weighted by Gasteiger charge is 2.15. The van der Waals surface area contributed by atoms with Crippen molar-refractivity contribution in [3.63, 3.8) is 0 Å². The van der Waals surface area contributed by atoms with E-state index in [2.05, 4.69) is 10.5 Å².